The number of ether oxygens (including phenoxy) is 1. The molecule has 9 heteroatoms. The minimum atomic E-state index is -0.808. The number of carbonyl (C=O) groups is 5. The van der Waals surface area contributed by atoms with Gasteiger partial charge in [-0.05, 0) is 80.9 Å². The fourth-order valence-corrected chi connectivity index (χ4v) is 7.43. The fraction of sp³-hybridized carbons (Fsp3) is 0.622. The van der Waals surface area contributed by atoms with E-state index in [0.29, 0.717) is 51.7 Å². The van der Waals surface area contributed by atoms with Crippen LogP contribution < -0.4 is 10.6 Å². The highest BCUT2D eigenvalue weighted by Crippen LogP contribution is 2.47. The van der Waals surface area contributed by atoms with Crippen molar-refractivity contribution in [1.29, 1.82) is 0 Å². The second-order valence-corrected chi connectivity index (χ2v) is 16.9. The molecular weight excluding hydrogens is 679 g/mol. The highest BCUT2D eigenvalue weighted by molar-refractivity contribution is 5.97. The Morgan fingerprint density at radius 2 is 1.30 bits per heavy atom. The van der Waals surface area contributed by atoms with E-state index < -0.39 is 29.3 Å². The highest BCUT2D eigenvalue weighted by atomic mass is 16.5. The zero-order valence-electron chi connectivity index (χ0n) is 33.4. The smallest absolute Gasteiger partial charge is 0.224 e. The Bertz CT molecular complexity index is 1500. The average Bonchev–Trinajstić information content (AvgIpc) is 3.91. The van der Waals surface area contributed by atoms with E-state index in [-0.39, 0.29) is 53.8 Å². The molecular formula is C45H65N3O6. The third kappa shape index (κ3) is 14.5. The molecule has 0 spiro atoms. The Labute approximate surface area is 323 Å². The molecule has 0 aromatic heterocycles. The van der Waals surface area contributed by atoms with Crippen LogP contribution in [0.1, 0.15) is 104 Å². The van der Waals surface area contributed by atoms with Gasteiger partial charge < -0.3 is 15.4 Å². The highest BCUT2D eigenvalue weighted by Gasteiger charge is 2.48. The zero-order valence-corrected chi connectivity index (χ0v) is 33.4. The molecule has 2 amide bonds. The molecule has 4 rings (SSSR count). The lowest BCUT2D eigenvalue weighted by Gasteiger charge is -2.27. The first-order chi connectivity index (χ1) is 25.8. The lowest BCUT2D eigenvalue weighted by Crippen LogP contribution is -2.49. The quantitative estimate of drug-likeness (QED) is 0.125. The number of hydrogen-bond acceptors (Lipinski definition) is 7. The third-order valence-corrected chi connectivity index (χ3v) is 11.0. The van der Waals surface area contributed by atoms with Crippen molar-refractivity contribution >= 4 is 29.2 Å². The first-order valence-corrected chi connectivity index (χ1v) is 20.4. The molecule has 9 nitrogen and oxygen atoms in total. The molecule has 2 aromatic rings. The normalized spacial score (nSPS) is 17.7. The van der Waals surface area contributed by atoms with Crippen LogP contribution >= 0.6 is 0 Å². The molecule has 1 aliphatic heterocycles. The van der Waals surface area contributed by atoms with Gasteiger partial charge in [0, 0.05) is 49.6 Å². The van der Waals surface area contributed by atoms with Crippen LogP contribution in [0.4, 0.5) is 0 Å². The van der Waals surface area contributed by atoms with Crippen LogP contribution in [-0.4, -0.2) is 79.0 Å². The first-order valence-electron chi connectivity index (χ1n) is 20.4. The monoisotopic (exact) mass is 743 g/mol. The van der Waals surface area contributed by atoms with Crippen molar-refractivity contribution < 1.29 is 28.7 Å². The van der Waals surface area contributed by atoms with E-state index in [2.05, 4.69) is 15.5 Å². The minimum absolute atomic E-state index is 0.0494. The van der Waals surface area contributed by atoms with Crippen molar-refractivity contribution in [3.05, 3.63) is 71.8 Å². The molecule has 1 aliphatic carbocycles. The van der Waals surface area contributed by atoms with Crippen molar-refractivity contribution in [2.45, 2.75) is 117 Å². The summed E-state index contributed by atoms with van der Waals surface area (Å²) in [5, 5.41) is 6.15. The first kappa shape index (κ1) is 43.0. The number of amides is 2. The van der Waals surface area contributed by atoms with Gasteiger partial charge in [-0.3, -0.25) is 28.9 Å². The lowest BCUT2D eigenvalue weighted by atomic mass is 9.87. The summed E-state index contributed by atoms with van der Waals surface area (Å²) in [7, 11) is 0. The average molecular weight is 744 g/mol. The molecule has 2 aromatic carbocycles. The Balaban J connectivity index is 1.48. The second-order valence-electron chi connectivity index (χ2n) is 16.9. The number of benzene rings is 2. The predicted octanol–water partition coefficient (Wildman–Crippen LogP) is 6.56. The zero-order chi connectivity index (χ0) is 39.1. The Kier molecular flexibility index (Phi) is 17.1. The van der Waals surface area contributed by atoms with Crippen molar-refractivity contribution in [3.8, 4) is 0 Å². The number of nitrogens with zero attached hydrogens (tertiary/aromatic N) is 1. The van der Waals surface area contributed by atoms with Gasteiger partial charge in [0.1, 0.15) is 5.78 Å². The number of Topliss-reactive ketones (excluding diaryl/α,β-unsaturated/α-hetero) is 3. The molecule has 1 saturated carbocycles. The van der Waals surface area contributed by atoms with Crippen LogP contribution in [0.5, 0.6) is 0 Å². The number of hydrogen-bond donors (Lipinski definition) is 2. The molecule has 2 N–H and O–H groups in total. The number of carbonyl (C=O) groups excluding carboxylic acids is 5. The standard InChI is InChI=1S/C45H65N3O6/c1-32(2)27-39(46-43(52)36(19-18-34-13-8-6-9-14-34)30-38(49)17-12-22-48-23-25-54-26-24-48)41(50)31-37(29-35-15-10-7-11-16-35)44(53)47-40(28-33(3)4)42(51)45(5)20-21-45/h6-11,13-16,32-33,36-37,39-40H,12,17-31H2,1-5H3,(H,46,52)(H,47,53)/t36-,37?,39+,40?/m1/s1. The van der Waals surface area contributed by atoms with Gasteiger partial charge in [-0.2, -0.15) is 0 Å². The molecule has 2 fully saturated rings. The van der Waals surface area contributed by atoms with Crippen LogP contribution in [0.25, 0.3) is 0 Å². The van der Waals surface area contributed by atoms with Crippen LogP contribution in [0.2, 0.25) is 0 Å². The lowest BCUT2D eigenvalue weighted by molar-refractivity contribution is -0.135. The second kappa shape index (κ2) is 21.4. The van der Waals surface area contributed by atoms with Crippen LogP contribution in [0, 0.1) is 29.1 Å². The summed E-state index contributed by atoms with van der Waals surface area (Å²) < 4.78 is 5.44. The van der Waals surface area contributed by atoms with Gasteiger partial charge in [0.25, 0.3) is 0 Å². The maximum atomic E-state index is 14.3. The Morgan fingerprint density at radius 1 is 0.741 bits per heavy atom. The van der Waals surface area contributed by atoms with Gasteiger partial charge in [-0.25, -0.2) is 0 Å². The minimum Gasteiger partial charge on any atom is -0.379 e. The number of nitrogens with one attached hydrogen (secondary N) is 2. The van der Waals surface area contributed by atoms with Crippen molar-refractivity contribution in [1.82, 2.24) is 15.5 Å². The van der Waals surface area contributed by atoms with E-state index in [9.17, 15) is 24.0 Å². The molecule has 2 aliphatic rings. The number of aryl methyl sites for hydroxylation is 1. The largest absolute Gasteiger partial charge is 0.379 e. The molecule has 54 heavy (non-hydrogen) atoms. The molecule has 2 unspecified atom stereocenters. The number of rotatable bonds is 24. The summed E-state index contributed by atoms with van der Waals surface area (Å²) in [4.78, 5) is 71.6. The Hall–Kier alpha value is -3.69. The van der Waals surface area contributed by atoms with Crippen molar-refractivity contribution in [2.75, 3.05) is 32.8 Å². The van der Waals surface area contributed by atoms with E-state index in [1.54, 1.807) is 0 Å². The number of ketones is 3. The van der Waals surface area contributed by atoms with Gasteiger partial charge in [0.05, 0.1) is 25.3 Å². The molecule has 0 radical (unpaired) electrons. The molecule has 4 atom stereocenters. The number of morpholine rings is 1. The maximum Gasteiger partial charge on any atom is 0.224 e. The van der Waals surface area contributed by atoms with Crippen LogP contribution in [0.3, 0.4) is 0 Å². The summed E-state index contributed by atoms with van der Waals surface area (Å²) in [6.07, 6.45) is 5.22. The molecule has 296 valence electrons. The van der Waals surface area contributed by atoms with Gasteiger partial charge in [-0.1, -0.05) is 95.3 Å². The fourth-order valence-electron chi connectivity index (χ4n) is 7.43. The van der Waals surface area contributed by atoms with E-state index in [1.807, 2.05) is 95.3 Å². The molecule has 1 heterocycles. The van der Waals surface area contributed by atoms with E-state index >= 15 is 0 Å². The maximum absolute atomic E-state index is 14.3. The van der Waals surface area contributed by atoms with Crippen molar-refractivity contribution in [2.24, 2.45) is 29.1 Å². The van der Waals surface area contributed by atoms with Crippen LogP contribution in [0.15, 0.2) is 60.7 Å². The van der Waals surface area contributed by atoms with Gasteiger partial charge in [0.2, 0.25) is 11.8 Å². The van der Waals surface area contributed by atoms with Crippen LogP contribution in [-0.2, 0) is 41.6 Å². The van der Waals surface area contributed by atoms with Crippen molar-refractivity contribution in [3.63, 3.8) is 0 Å². The summed E-state index contributed by atoms with van der Waals surface area (Å²) in [6.45, 7) is 14.0. The molecule has 0 bridgehead atoms. The Morgan fingerprint density at radius 3 is 1.89 bits per heavy atom. The molecule has 1 saturated heterocycles. The summed E-state index contributed by atoms with van der Waals surface area (Å²) in [5.74, 6) is -1.71. The van der Waals surface area contributed by atoms with Gasteiger partial charge >= 0.3 is 0 Å². The predicted molar refractivity (Wildman–Crippen MR) is 213 cm³/mol. The SMILES string of the molecule is CC(C)CC(NC(=O)C(CC(=O)[C@H](CC(C)C)NC(=O)[C@H](CCc1ccccc1)CC(=O)CCCN1CCOCC1)Cc1ccccc1)C(=O)C1(C)CC1. The van der Waals surface area contributed by atoms with E-state index in [0.717, 1.165) is 50.0 Å². The summed E-state index contributed by atoms with van der Waals surface area (Å²) >= 11 is 0. The third-order valence-electron chi connectivity index (χ3n) is 11.0. The summed E-state index contributed by atoms with van der Waals surface area (Å²) in [5.41, 5.74) is 1.61. The van der Waals surface area contributed by atoms with Gasteiger partial charge in [-0.15, -0.1) is 0 Å². The summed E-state index contributed by atoms with van der Waals surface area (Å²) in [6, 6.07) is 18.1. The van der Waals surface area contributed by atoms with E-state index in [4.69, 9.17) is 4.74 Å². The topological polar surface area (TPSA) is 122 Å². The van der Waals surface area contributed by atoms with Gasteiger partial charge in [0.15, 0.2) is 11.6 Å². The van der Waals surface area contributed by atoms with E-state index in [1.165, 1.54) is 0 Å².